The first kappa shape index (κ1) is 18.2. The molecule has 5 nitrogen and oxygen atoms in total. The molecule has 5 heteroatoms. The Bertz CT molecular complexity index is 738. The van der Waals surface area contributed by atoms with Gasteiger partial charge < -0.3 is 9.64 Å². The van der Waals surface area contributed by atoms with Gasteiger partial charge in [-0.3, -0.25) is 9.59 Å². The Kier molecular flexibility index (Phi) is 5.72. The molecule has 26 heavy (non-hydrogen) atoms. The number of amides is 1. The first-order valence-corrected chi connectivity index (χ1v) is 9.21. The van der Waals surface area contributed by atoms with E-state index in [1.54, 1.807) is 11.0 Å². The van der Waals surface area contributed by atoms with Crippen LogP contribution in [0.2, 0.25) is 0 Å². The van der Waals surface area contributed by atoms with Gasteiger partial charge >= 0.3 is 5.97 Å². The third-order valence-corrected chi connectivity index (χ3v) is 5.50. The maximum Gasteiger partial charge on any atom is 0.305 e. The van der Waals surface area contributed by atoms with Crippen molar-refractivity contribution in [3.05, 3.63) is 41.5 Å². The van der Waals surface area contributed by atoms with Gasteiger partial charge in [-0.05, 0) is 61.6 Å². The molecule has 0 radical (unpaired) electrons. The summed E-state index contributed by atoms with van der Waals surface area (Å²) in [4.78, 5) is 25.4. The Hall–Kier alpha value is -2.61. The van der Waals surface area contributed by atoms with Crippen molar-refractivity contribution in [3.8, 4) is 6.07 Å². The fourth-order valence-electron chi connectivity index (χ4n) is 3.96. The van der Waals surface area contributed by atoms with Crippen molar-refractivity contribution in [1.29, 1.82) is 5.26 Å². The number of methoxy groups -OCH3 is 1. The van der Waals surface area contributed by atoms with Gasteiger partial charge in [0.05, 0.1) is 7.11 Å². The first-order valence-electron chi connectivity index (χ1n) is 9.21. The molecule has 0 unspecified atom stereocenters. The number of nitriles is 1. The molecule has 0 saturated heterocycles. The van der Waals surface area contributed by atoms with Crippen LogP contribution in [-0.4, -0.2) is 25.5 Å². The smallest absolute Gasteiger partial charge is 0.305 e. The summed E-state index contributed by atoms with van der Waals surface area (Å²) in [6, 6.07) is 10.1. The van der Waals surface area contributed by atoms with Crippen LogP contribution >= 0.6 is 0 Å². The topological polar surface area (TPSA) is 70.4 Å². The molecule has 1 aliphatic heterocycles. The first-order chi connectivity index (χ1) is 12.6. The quantitative estimate of drug-likeness (QED) is 0.775. The number of carbonyl (C=O) groups excluding carboxylic acids is 2. The predicted molar refractivity (Wildman–Crippen MR) is 98.4 cm³/mol. The number of hydrogen-bond acceptors (Lipinski definition) is 4. The largest absolute Gasteiger partial charge is 0.469 e. The zero-order chi connectivity index (χ0) is 18.5. The summed E-state index contributed by atoms with van der Waals surface area (Å²) in [6.07, 6.45) is 7.18. The van der Waals surface area contributed by atoms with Crippen molar-refractivity contribution in [2.75, 3.05) is 18.6 Å². The lowest BCUT2D eigenvalue weighted by atomic mass is 9.77. The average molecular weight is 352 g/mol. The second-order valence-corrected chi connectivity index (χ2v) is 7.06. The van der Waals surface area contributed by atoms with Crippen LogP contribution in [0.1, 0.15) is 50.0 Å². The molecule has 2 aliphatic rings. The van der Waals surface area contributed by atoms with Crippen molar-refractivity contribution in [2.45, 2.75) is 44.4 Å². The molecule has 1 aliphatic carbocycles. The zero-order valence-electron chi connectivity index (χ0n) is 15.1. The maximum atomic E-state index is 12.3. The van der Waals surface area contributed by atoms with Crippen LogP contribution in [0, 0.1) is 17.2 Å². The summed E-state index contributed by atoms with van der Waals surface area (Å²) in [6.45, 7) is 0.613. The van der Waals surface area contributed by atoms with E-state index in [9.17, 15) is 9.59 Å². The number of anilines is 1. The van der Waals surface area contributed by atoms with Crippen molar-refractivity contribution in [3.63, 3.8) is 0 Å². The second-order valence-electron chi connectivity index (χ2n) is 7.06. The average Bonchev–Trinajstić information content (AvgIpc) is 2.69. The van der Waals surface area contributed by atoms with Gasteiger partial charge in [-0.25, -0.2) is 0 Å². The molecule has 0 spiro atoms. The number of esters is 1. The summed E-state index contributed by atoms with van der Waals surface area (Å²) in [5, 5.41) is 9.04. The molecule has 1 heterocycles. The van der Waals surface area contributed by atoms with Crippen molar-refractivity contribution >= 4 is 17.6 Å². The highest BCUT2D eigenvalue weighted by Gasteiger charge is 2.26. The molecular formula is C21H24N2O3. The summed E-state index contributed by atoms with van der Waals surface area (Å²) < 4.78 is 4.76. The Morgan fingerprint density at radius 3 is 2.54 bits per heavy atom. The van der Waals surface area contributed by atoms with Gasteiger partial charge in [-0.15, -0.1) is 0 Å². The highest BCUT2D eigenvalue weighted by molar-refractivity contribution is 6.09. The van der Waals surface area contributed by atoms with Crippen LogP contribution in [0.3, 0.4) is 0 Å². The van der Waals surface area contributed by atoms with Gasteiger partial charge in [0.15, 0.2) is 0 Å². The van der Waals surface area contributed by atoms with Crippen LogP contribution in [0.25, 0.3) is 0 Å². The third-order valence-electron chi connectivity index (χ3n) is 5.50. The Morgan fingerprint density at radius 2 is 1.92 bits per heavy atom. The lowest BCUT2D eigenvalue weighted by Gasteiger charge is -2.29. The highest BCUT2D eigenvalue weighted by atomic mass is 16.5. The lowest BCUT2D eigenvalue weighted by Crippen LogP contribution is -2.35. The summed E-state index contributed by atoms with van der Waals surface area (Å²) in [7, 11) is 1.44. The Labute approximate surface area is 154 Å². The molecule has 1 amide bonds. The third kappa shape index (κ3) is 3.96. The minimum Gasteiger partial charge on any atom is -0.469 e. The van der Waals surface area contributed by atoms with Crippen molar-refractivity contribution in [1.82, 2.24) is 0 Å². The number of hydrogen-bond donors (Lipinski definition) is 0. The Balaban J connectivity index is 1.61. The van der Waals surface area contributed by atoms with Gasteiger partial charge in [-0.2, -0.15) is 5.26 Å². The number of benzene rings is 1. The molecule has 0 bridgehead atoms. The molecule has 136 valence electrons. The van der Waals surface area contributed by atoms with Gasteiger partial charge in [0.25, 0.3) is 5.91 Å². The standard InChI is InChI=1S/C21H24N2O3/c1-26-20(24)13-15-4-6-16(7-5-15)17-8-10-19(11-9-17)23-12-2-3-18(14-22)21(23)25/h3,8-11,15-16H,2,4-7,12-13H2,1H3. The number of nitrogens with zero attached hydrogens (tertiary/aromatic N) is 2. The Morgan fingerprint density at radius 1 is 1.23 bits per heavy atom. The summed E-state index contributed by atoms with van der Waals surface area (Å²) >= 11 is 0. The molecule has 0 aromatic heterocycles. The zero-order valence-corrected chi connectivity index (χ0v) is 15.1. The molecule has 1 aromatic carbocycles. The molecule has 1 aromatic rings. The lowest BCUT2D eigenvalue weighted by molar-refractivity contribution is -0.142. The highest BCUT2D eigenvalue weighted by Crippen LogP contribution is 2.37. The summed E-state index contributed by atoms with van der Waals surface area (Å²) in [5.41, 5.74) is 2.36. The van der Waals surface area contributed by atoms with Crippen LogP contribution in [0.5, 0.6) is 0 Å². The van der Waals surface area contributed by atoms with Crippen LogP contribution in [0.15, 0.2) is 35.9 Å². The molecule has 0 N–H and O–H groups in total. The SMILES string of the molecule is COC(=O)CC1CCC(c2ccc(N3CCC=C(C#N)C3=O)cc2)CC1. The monoisotopic (exact) mass is 352 g/mol. The van der Waals surface area contributed by atoms with Crippen LogP contribution in [-0.2, 0) is 14.3 Å². The van der Waals surface area contributed by atoms with Gasteiger partial charge in [0.1, 0.15) is 11.6 Å². The molecule has 0 atom stereocenters. The molecular weight excluding hydrogens is 328 g/mol. The normalized spacial score (nSPS) is 23.2. The van der Waals surface area contributed by atoms with E-state index in [1.807, 2.05) is 18.2 Å². The van der Waals surface area contributed by atoms with E-state index in [0.717, 1.165) is 31.4 Å². The van der Waals surface area contributed by atoms with Crippen molar-refractivity contribution in [2.24, 2.45) is 5.92 Å². The van der Waals surface area contributed by atoms with Gasteiger partial charge in [0.2, 0.25) is 0 Å². The summed E-state index contributed by atoms with van der Waals surface area (Å²) in [5.74, 6) is 0.606. The van der Waals surface area contributed by atoms with Crippen LogP contribution < -0.4 is 4.90 Å². The van der Waals surface area contributed by atoms with Crippen LogP contribution in [0.4, 0.5) is 5.69 Å². The van der Waals surface area contributed by atoms with E-state index in [4.69, 9.17) is 10.00 Å². The van der Waals surface area contributed by atoms with E-state index >= 15 is 0 Å². The maximum absolute atomic E-state index is 12.3. The minimum atomic E-state index is -0.213. The van der Waals surface area contributed by atoms with E-state index in [-0.39, 0.29) is 17.4 Å². The van der Waals surface area contributed by atoms with E-state index in [1.165, 1.54) is 12.7 Å². The van der Waals surface area contributed by atoms with E-state index in [0.29, 0.717) is 31.2 Å². The molecule has 1 saturated carbocycles. The van der Waals surface area contributed by atoms with E-state index < -0.39 is 0 Å². The number of carbonyl (C=O) groups is 2. The fourth-order valence-corrected chi connectivity index (χ4v) is 3.96. The predicted octanol–water partition coefficient (Wildman–Crippen LogP) is 3.71. The minimum absolute atomic E-state index is 0.116. The van der Waals surface area contributed by atoms with Crippen molar-refractivity contribution < 1.29 is 14.3 Å². The van der Waals surface area contributed by atoms with E-state index in [2.05, 4.69) is 12.1 Å². The second kappa shape index (κ2) is 8.18. The van der Waals surface area contributed by atoms with Gasteiger partial charge in [-0.1, -0.05) is 18.2 Å². The molecule has 3 rings (SSSR count). The number of ether oxygens (including phenoxy) is 1. The van der Waals surface area contributed by atoms with Gasteiger partial charge in [0, 0.05) is 18.7 Å². The fraction of sp³-hybridized carbons (Fsp3) is 0.476. The molecule has 1 fully saturated rings. The number of rotatable bonds is 4.